The van der Waals surface area contributed by atoms with E-state index >= 15 is 0 Å². The van der Waals surface area contributed by atoms with Gasteiger partial charge in [-0.25, -0.2) is 0 Å². The lowest BCUT2D eigenvalue weighted by molar-refractivity contribution is -0.385. The van der Waals surface area contributed by atoms with Gasteiger partial charge in [0.2, 0.25) is 11.7 Å². The Kier molecular flexibility index (Phi) is 5.31. The van der Waals surface area contributed by atoms with Crippen molar-refractivity contribution < 1.29 is 14.2 Å². The highest BCUT2D eigenvalue weighted by Crippen LogP contribution is 2.33. The number of carbonyl (C=O) groups is 1. The first-order valence-corrected chi connectivity index (χ1v) is 9.90. The lowest BCUT2D eigenvalue weighted by Crippen LogP contribution is -2.38. The van der Waals surface area contributed by atoms with Crippen LogP contribution in [0.4, 0.5) is 5.69 Å². The summed E-state index contributed by atoms with van der Waals surface area (Å²) in [5.74, 6) is 0.608. The Hall–Kier alpha value is -3.55. The lowest BCUT2D eigenvalue weighted by atomic mass is 10.00. The minimum absolute atomic E-state index is 0.0612. The molecule has 0 bridgehead atoms. The SMILES string of the molecule is Cc1cccc(-c2noc(C3CCCCN3C(=O)c3ccc(C)c([N+](=O)[O-])c3)n2)c1. The second-order valence-corrected chi connectivity index (χ2v) is 7.59. The zero-order valence-electron chi connectivity index (χ0n) is 16.9. The molecule has 1 fully saturated rings. The van der Waals surface area contributed by atoms with E-state index in [-0.39, 0.29) is 23.2 Å². The first kappa shape index (κ1) is 19.8. The largest absolute Gasteiger partial charge is 0.337 e. The third-order valence-corrected chi connectivity index (χ3v) is 5.42. The molecule has 8 heteroatoms. The van der Waals surface area contributed by atoms with E-state index in [1.807, 2.05) is 31.2 Å². The van der Waals surface area contributed by atoms with Gasteiger partial charge in [0.05, 0.1) is 4.92 Å². The van der Waals surface area contributed by atoms with Crippen molar-refractivity contribution in [2.24, 2.45) is 0 Å². The molecule has 30 heavy (non-hydrogen) atoms. The fourth-order valence-corrected chi connectivity index (χ4v) is 3.81. The van der Waals surface area contributed by atoms with Crippen LogP contribution in [0.2, 0.25) is 0 Å². The first-order valence-electron chi connectivity index (χ1n) is 9.90. The summed E-state index contributed by atoms with van der Waals surface area (Å²) in [4.78, 5) is 30.2. The van der Waals surface area contributed by atoms with Gasteiger partial charge in [0.25, 0.3) is 11.6 Å². The highest BCUT2D eigenvalue weighted by molar-refractivity contribution is 5.95. The fraction of sp³-hybridized carbons (Fsp3) is 0.318. The zero-order valence-corrected chi connectivity index (χ0v) is 16.9. The van der Waals surface area contributed by atoms with Crippen molar-refractivity contribution in [3.8, 4) is 11.4 Å². The molecule has 1 aliphatic heterocycles. The number of aromatic nitrogens is 2. The molecular weight excluding hydrogens is 384 g/mol. The van der Waals surface area contributed by atoms with Crippen LogP contribution in [-0.2, 0) is 0 Å². The van der Waals surface area contributed by atoms with Gasteiger partial charge in [-0.2, -0.15) is 4.98 Å². The molecule has 1 atom stereocenters. The van der Waals surface area contributed by atoms with Crippen LogP contribution in [0.3, 0.4) is 0 Å². The van der Waals surface area contributed by atoms with Crippen LogP contribution in [0.5, 0.6) is 0 Å². The minimum Gasteiger partial charge on any atom is -0.337 e. The van der Waals surface area contributed by atoms with Gasteiger partial charge in [-0.15, -0.1) is 0 Å². The minimum atomic E-state index is -0.466. The molecule has 0 aliphatic carbocycles. The molecule has 1 unspecified atom stereocenters. The van der Waals surface area contributed by atoms with Crippen LogP contribution in [-0.4, -0.2) is 32.4 Å². The number of carbonyl (C=O) groups excluding carboxylic acids is 1. The molecule has 154 valence electrons. The van der Waals surface area contributed by atoms with Gasteiger partial charge in [0, 0.05) is 29.3 Å². The van der Waals surface area contributed by atoms with Gasteiger partial charge in [-0.3, -0.25) is 14.9 Å². The maximum atomic E-state index is 13.2. The van der Waals surface area contributed by atoms with Crippen molar-refractivity contribution in [2.45, 2.75) is 39.2 Å². The number of amides is 1. The quantitative estimate of drug-likeness (QED) is 0.462. The summed E-state index contributed by atoms with van der Waals surface area (Å²) in [6.45, 7) is 4.18. The third kappa shape index (κ3) is 3.80. The third-order valence-electron chi connectivity index (χ3n) is 5.42. The number of rotatable bonds is 4. The van der Waals surface area contributed by atoms with E-state index in [9.17, 15) is 14.9 Å². The molecule has 8 nitrogen and oxygen atoms in total. The Labute approximate surface area is 173 Å². The van der Waals surface area contributed by atoms with Gasteiger partial charge in [0.15, 0.2) is 0 Å². The van der Waals surface area contributed by atoms with Gasteiger partial charge in [-0.1, -0.05) is 35.0 Å². The van der Waals surface area contributed by atoms with E-state index < -0.39 is 4.92 Å². The number of nitrogens with zero attached hydrogens (tertiary/aromatic N) is 4. The topological polar surface area (TPSA) is 102 Å². The van der Waals surface area contributed by atoms with Crippen molar-refractivity contribution in [1.29, 1.82) is 0 Å². The molecule has 0 radical (unpaired) electrons. The Balaban J connectivity index is 1.63. The number of nitro benzene ring substituents is 1. The van der Waals surface area contributed by atoms with Gasteiger partial charge in [-0.05, 0) is 45.2 Å². The Morgan fingerprint density at radius 2 is 2.03 bits per heavy atom. The average molecular weight is 406 g/mol. The molecule has 1 aliphatic rings. The summed E-state index contributed by atoms with van der Waals surface area (Å²) in [5, 5.41) is 15.4. The monoisotopic (exact) mass is 406 g/mol. The summed E-state index contributed by atoms with van der Waals surface area (Å²) in [6, 6.07) is 12.0. The summed E-state index contributed by atoms with van der Waals surface area (Å²) in [5.41, 5.74) is 2.69. The van der Waals surface area contributed by atoms with Crippen LogP contribution in [0, 0.1) is 24.0 Å². The molecule has 1 saturated heterocycles. The predicted molar refractivity (Wildman–Crippen MR) is 110 cm³/mol. The van der Waals surface area contributed by atoms with Crippen molar-refractivity contribution in [1.82, 2.24) is 15.0 Å². The maximum Gasteiger partial charge on any atom is 0.273 e. The van der Waals surface area contributed by atoms with Crippen molar-refractivity contribution in [2.75, 3.05) is 6.54 Å². The Bertz CT molecular complexity index is 1110. The highest BCUT2D eigenvalue weighted by atomic mass is 16.6. The van der Waals surface area contributed by atoms with Crippen LogP contribution >= 0.6 is 0 Å². The van der Waals surface area contributed by atoms with E-state index in [0.717, 1.165) is 24.0 Å². The molecule has 3 aromatic rings. The van der Waals surface area contributed by atoms with Crippen LogP contribution in [0.15, 0.2) is 47.0 Å². The van der Waals surface area contributed by atoms with Gasteiger partial charge in [0.1, 0.15) is 6.04 Å². The van der Waals surface area contributed by atoms with Gasteiger partial charge >= 0.3 is 0 Å². The van der Waals surface area contributed by atoms with E-state index in [1.165, 1.54) is 6.07 Å². The van der Waals surface area contributed by atoms with Crippen molar-refractivity contribution in [3.05, 3.63) is 75.2 Å². The lowest BCUT2D eigenvalue weighted by Gasteiger charge is -2.33. The normalized spacial score (nSPS) is 16.5. The molecule has 4 rings (SSSR count). The Morgan fingerprint density at radius 3 is 2.80 bits per heavy atom. The first-order chi connectivity index (χ1) is 14.4. The molecular formula is C22H22N4O4. The molecule has 0 saturated carbocycles. The van der Waals surface area contributed by atoms with Crippen LogP contribution < -0.4 is 0 Å². The molecule has 1 amide bonds. The molecule has 0 N–H and O–H groups in total. The van der Waals surface area contributed by atoms with Crippen molar-refractivity contribution in [3.63, 3.8) is 0 Å². The van der Waals surface area contributed by atoms with E-state index in [1.54, 1.807) is 24.0 Å². The van der Waals surface area contributed by atoms with Crippen molar-refractivity contribution >= 4 is 11.6 Å². The smallest absolute Gasteiger partial charge is 0.273 e. The number of nitro groups is 1. The summed E-state index contributed by atoms with van der Waals surface area (Å²) >= 11 is 0. The number of likely N-dealkylation sites (tertiary alicyclic amines) is 1. The standard InChI is InChI=1S/C22H22N4O4/c1-14-6-5-7-16(12-14)20-23-21(30-24-20)18-8-3-4-11-25(18)22(27)17-10-9-15(2)19(13-17)26(28)29/h5-7,9-10,12-13,18H,3-4,8,11H2,1-2H3. The van der Waals surface area contributed by atoms with E-state index in [4.69, 9.17) is 4.52 Å². The van der Waals surface area contributed by atoms with Crippen LogP contribution in [0.25, 0.3) is 11.4 Å². The fourth-order valence-electron chi connectivity index (χ4n) is 3.81. The molecule has 0 spiro atoms. The Morgan fingerprint density at radius 1 is 1.20 bits per heavy atom. The summed E-state index contributed by atoms with van der Waals surface area (Å²) in [6.07, 6.45) is 2.49. The second-order valence-electron chi connectivity index (χ2n) is 7.59. The number of aryl methyl sites for hydroxylation is 2. The van der Waals surface area contributed by atoms with E-state index in [0.29, 0.717) is 30.2 Å². The highest BCUT2D eigenvalue weighted by Gasteiger charge is 2.33. The number of benzene rings is 2. The molecule has 2 heterocycles. The maximum absolute atomic E-state index is 13.2. The van der Waals surface area contributed by atoms with Gasteiger partial charge < -0.3 is 9.42 Å². The number of hydrogen-bond acceptors (Lipinski definition) is 6. The molecule has 2 aromatic carbocycles. The average Bonchev–Trinajstić information content (AvgIpc) is 3.23. The molecule has 1 aromatic heterocycles. The zero-order chi connectivity index (χ0) is 21.3. The predicted octanol–water partition coefficient (Wildman–Crippen LogP) is 4.63. The number of hydrogen-bond donors (Lipinski definition) is 0. The summed E-state index contributed by atoms with van der Waals surface area (Å²) in [7, 11) is 0. The number of piperidine rings is 1. The van der Waals surface area contributed by atoms with E-state index in [2.05, 4.69) is 10.1 Å². The second kappa shape index (κ2) is 8.06. The van der Waals surface area contributed by atoms with Crippen LogP contribution in [0.1, 0.15) is 52.7 Å². The summed E-state index contributed by atoms with van der Waals surface area (Å²) < 4.78 is 5.53.